The van der Waals surface area contributed by atoms with Crippen LogP contribution in [0.4, 0.5) is 5.82 Å². The molecular formula is C18H23N3O. The summed E-state index contributed by atoms with van der Waals surface area (Å²) < 4.78 is 6.03. The zero-order valence-electron chi connectivity index (χ0n) is 13.0. The van der Waals surface area contributed by atoms with Crippen LogP contribution in [-0.2, 0) is 6.54 Å². The van der Waals surface area contributed by atoms with Crippen LogP contribution in [0, 0.1) is 5.92 Å². The zero-order valence-corrected chi connectivity index (χ0v) is 13.0. The van der Waals surface area contributed by atoms with E-state index in [1.54, 1.807) is 6.07 Å². The van der Waals surface area contributed by atoms with Gasteiger partial charge < -0.3 is 10.5 Å². The Morgan fingerprint density at radius 1 is 1.18 bits per heavy atom. The predicted octanol–water partition coefficient (Wildman–Crippen LogP) is 2.95. The molecule has 2 atom stereocenters. The number of ether oxygens (including phenoxy) is 1. The molecule has 1 aliphatic heterocycles. The molecule has 1 aromatic heterocycles. The number of nitrogens with zero attached hydrogens (tertiary/aromatic N) is 2. The van der Waals surface area contributed by atoms with Crippen LogP contribution in [0.3, 0.4) is 0 Å². The van der Waals surface area contributed by atoms with Crippen molar-refractivity contribution in [3.8, 4) is 5.88 Å². The minimum Gasteiger partial charge on any atom is -0.474 e. The first kappa shape index (κ1) is 14.9. The lowest BCUT2D eigenvalue weighted by molar-refractivity contribution is 0.0462. The first-order valence-corrected chi connectivity index (χ1v) is 7.86. The van der Waals surface area contributed by atoms with E-state index in [0.717, 1.165) is 26.1 Å². The fraction of sp³-hybridized carbons (Fsp3) is 0.389. The van der Waals surface area contributed by atoms with E-state index in [2.05, 4.69) is 47.1 Å². The monoisotopic (exact) mass is 297 g/mol. The molecule has 2 aromatic rings. The van der Waals surface area contributed by atoms with E-state index < -0.39 is 0 Å². The van der Waals surface area contributed by atoms with Gasteiger partial charge in [-0.1, -0.05) is 43.3 Å². The van der Waals surface area contributed by atoms with Crippen molar-refractivity contribution in [1.82, 2.24) is 9.88 Å². The third kappa shape index (κ3) is 3.77. The number of aromatic nitrogens is 1. The highest BCUT2D eigenvalue weighted by atomic mass is 16.5. The maximum atomic E-state index is 6.03. The van der Waals surface area contributed by atoms with Gasteiger partial charge in [0.2, 0.25) is 5.88 Å². The maximum absolute atomic E-state index is 6.03. The van der Waals surface area contributed by atoms with Gasteiger partial charge in [0.15, 0.2) is 0 Å². The van der Waals surface area contributed by atoms with E-state index in [1.807, 2.05) is 12.1 Å². The molecule has 0 bridgehead atoms. The van der Waals surface area contributed by atoms with Crippen LogP contribution in [0.15, 0.2) is 48.5 Å². The number of hydrogen-bond donors (Lipinski definition) is 1. The Morgan fingerprint density at radius 2 is 2.00 bits per heavy atom. The van der Waals surface area contributed by atoms with E-state index >= 15 is 0 Å². The first-order valence-electron chi connectivity index (χ1n) is 7.86. The van der Waals surface area contributed by atoms with Gasteiger partial charge in [0.05, 0.1) is 0 Å². The Hall–Kier alpha value is -2.07. The molecule has 0 saturated carbocycles. The summed E-state index contributed by atoms with van der Waals surface area (Å²) in [6, 6.07) is 16.2. The van der Waals surface area contributed by atoms with E-state index in [1.165, 1.54) is 5.56 Å². The quantitative estimate of drug-likeness (QED) is 0.942. The molecule has 116 valence electrons. The molecule has 1 aliphatic rings. The molecule has 4 nitrogen and oxygen atoms in total. The molecule has 3 rings (SSSR count). The van der Waals surface area contributed by atoms with E-state index in [-0.39, 0.29) is 6.10 Å². The second-order valence-electron chi connectivity index (χ2n) is 6.04. The summed E-state index contributed by atoms with van der Waals surface area (Å²) in [6.45, 7) is 5.34. The molecule has 2 heterocycles. The van der Waals surface area contributed by atoms with Gasteiger partial charge >= 0.3 is 0 Å². The summed E-state index contributed by atoms with van der Waals surface area (Å²) in [5.74, 6) is 1.61. The number of rotatable bonds is 4. The summed E-state index contributed by atoms with van der Waals surface area (Å²) in [6.07, 6.45) is 1.23. The van der Waals surface area contributed by atoms with E-state index in [4.69, 9.17) is 10.5 Å². The molecule has 0 radical (unpaired) electrons. The summed E-state index contributed by atoms with van der Waals surface area (Å²) in [4.78, 5) is 6.72. The van der Waals surface area contributed by atoms with Crippen molar-refractivity contribution in [3.63, 3.8) is 0 Å². The Labute approximate surface area is 131 Å². The summed E-state index contributed by atoms with van der Waals surface area (Å²) in [5.41, 5.74) is 7.07. The van der Waals surface area contributed by atoms with Crippen molar-refractivity contribution in [2.75, 3.05) is 18.8 Å². The topological polar surface area (TPSA) is 51.4 Å². The van der Waals surface area contributed by atoms with Gasteiger partial charge in [0.1, 0.15) is 11.9 Å². The Balaban J connectivity index is 1.56. The third-order valence-corrected chi connectivity index (χ3v) is 4.18. The van der Waals surface area contributed by atoms with Crippen molar-refractivity contribution in [1.29, 1.82) is 0 Å². The molecular weight excluding hydrogens is 274 g/mol. The van der Waals surface area contributed by atoms with Crippen LogP contribution in [0.2, 0.25) is 0 Å². The molecule has 4 heteroatoms. The number of piperidine rings is 1. The number of benzene rings is 1. The van der Waals surface area contributed by atoms with Gasteiger partial charge in [-0.25, -0.2) is 0 Å². The zero-order chi connectivity index (χ0) is 15.4. The molecule has 1 saturated heterocycles. The van der Waals surface area contributed by atoms with Gasteiger partial charge in [0, 0.05) is 31.6 Å². The fourth-order valence-corrected chi connectivity index (χ4v) is 3.02. The summed E-state index contributed by atoms with van der Waals surface area (Å²) in [5, 5.41) is 0. The lowest BCUT2D eigenvalue weighted by Crippen LogP contribution is -2.44. The molecule has 2 N–H and O–H groups in total. The number of nitrogens with two attached hydrogens (primary N) is 1. The average molecular weight is 297 g/mol. The third-order valence-electron chi connectivity index (χ3n) is 4.18. The van der Waals surface area contributed by atoms with Gasteiger partial charge in [0.25, 0.3) is 0 Å². The van der Waals surface area contributed by atoms with Gasteiger partial charge in [-0.05, 0) is 18.1 Å². The molecule has 0 spiro atoms. The smallest absolute Gasteiger partial charge is 0.215 e. The van der Waals surface area contributed by atoms with Gasteiger partial charge in [-0.15, -0.1) is 0 Å². The van der Waals surface area contributed by atoms with Crippen LogP contribution in [-0.4, -0.2) is 29.1 Å². The van der Waals surface area contributed by atoms with E-state index in [0.29, 0.717) is 17.6 Å². The van der Waals surface area contributed by atoms with Crippen LogP contribution in [0.5, 0.6) is 5.88 Å². The van der Waals surface area contributed by atoms with Crippen molar-refractivity contribution in [3.05, 3.63) is 54.1 Å². The summed E-state index contributed by atoms with van der Waals surface area (Å²) in [7, 11) is 0. The number of pyridine rings is 1. The van der Waals surface area contributed by atoms with E-state index in [9.17, 15) is 0 Å². The van der Waals surface area contributed by atoms with Gasteiger partial charge in [-0.2, -0.15) is 4.98 Å². The van der Waals surface area contributed by atoms with Crippen LogP contribution >= 0.6 is 0 Å². The van der Waals surface area contributed by atoms with Crippen LogP contribution in [0.25, 0.3) is 0 Å². The van der Waals surface area contributed by atoms with Crippen molar-refractivity contribution >= 4 is 5.82 Å². The molecule has 1 aromatic carbocycles. The fourth-order valence-electron chi connectivity index (χ4n) is 3.02. The second-order valence-corrected chi connectivity index (χ2v) is 6.04. The highest BCUT2D eigenvalue weighted by molar-refractivity contribution is 5.31. The van der Waals surface area contributed by atoms with Crippen molar-refractivity contribution in [2.45, 2.75) is 26.0 Å². The molecule has 22 heavy (non-hydrogen) atoms. The second kappa shape index (κ2) is 6.79. The highest BCUT2D eigenvalue weighted by Gasteiger charge is 2.27. The number of nitrogen functional groups attached to an aromatic ring is 1. The Bertz CT molecular complexity index is 602. The van der Waals surface area contributed by atoms with Crippen LogP contribution < -0.4 is 10.5 Å². The number of anilines is 1. The SMILES string of the molecule is C[C@H]1CN(Cc2ccccc2)CC[C@H]1Oc1cccc(N)n1. The molecule has 0 amide bonds. The minimum atomic E-state index is 0.210. The number of hydrogen-bond acceptors (Lipinski definition) is 4. The van der Waals surface area contributed by atoms with Crippen LogP contribution in [0.1, 0.15) is 18.9 Å². The first-order chi connectivity index (χ1) is 10.7. The van der Waals surface area contributed by atoms with Crippen molar-refractivity contribution in [2.24, 2.45) is 5.92 Å². The standard InChI is InChI=1S/C18H23N3O/c1-14-12-21(13-15-6-3-2-4-7-15)11-10-16(14)22-18-9-5-8-17(19)20-18/h2-9,14,16H,10-13H2,1H3,(H2,19,20)/t14-,16+/m0/s1. The molecule has 0 aliphatic carbocycles. The molecule has 1 fully saturated rings. The predicted molar refractivity (Wildman–Crippen MR) is 88.6 cm³/mol. The summed E-state index contributed by atoms with van der Waals surface area (Å²) >= 11 is 0. The largest absolute Gasteiger partial charge is 0.474 e. The highest BCUT2D eigenvalue weighted by Crippen LogP contribution is 2.23. The Kier molecular flexibility index (Phi) is 4.59. The minimum absolute atomic E-state index is 0.210. The number of likely N-dealkylation sites (tertiary alicyclic amines) is 1. The lowest BCUT2D eigenvalue weighted by Gasteiger charge is -2.36. The van der Waals surface area contributed by atoms with Crippen molar-refractivity contribution < 1.29 is 4.74 Å². The van der Waals surface area contributed by atoms with Gasteiger partial charge in [-0.3, -0.25) is 4.90 Å². The molecule has 0 unspecified atom stereocenters. The average Bonchev–Trinajstić information content (AvgIpc) is 2.51. The normalized spacial score (nSPS) is 22.4. The lowest BCUT2D eigenvalue weighted by atomic mass is 9.96. The Morgan fingerprint density at radius 3 is 2.73 bits per heavy atom. The maximum Gasteiger partial charge on any atom is 0.215 e.